The summed E-state index contributed by atoms with van der Waals surface area (Å²) in [5.74, 6) is 1.64. The minimum Gasteiger partial charge on any atom is -0.486 e. The van der Waals surface area contributed by atoms with Gasteiger partial charge in [-0.25, -0.2) is 4.98 Å². The number of ether oxygens (including phenoxy) is 1. The van der Waals surface area contributed by atoms with Gasteiger partial charge in [0.05, 0.1) is 11.2 Å². The van der Waals surface area contributed by atoms with Crippen molar-refractivity contribution >= 4 is 11.2 Å². The van der Waals surface area contributed by atoms with Crippen LogP contribution in [0.3, 0.4) is 0 Å². The normalized spacial score (nSPS) is 10.8. The third kappa shape index (κ3) is 2.25. The van der Waals surface area contributed by atoms with Crippen LogP contribution in [0.25, 0.3) is 5.52 Å². The fraction of sp³-hybridized carbons (Fsp3) is 0.133. The molecule has 0 aliphatic rings. The zero-order chi connectivity index (χ0) is 13.2. The zero-order valence-corrected chi connectivity index (χ0v) is 10.7. The Morgan fingerprint density at radius 3 is 2.95 bits per heavy atom. The van der Waals surface area contributed by atoms with E-state index in [1.807, 2.05) is 60.0 Å². The van der Waals surface area contributed by atoms with E-state index in [1.54, 1.807) is 0 Å². The molecular weight excluding hydrogens is 238 g/mol. The van der Waals surface area contributed by atoms with Gasteiger partial charge in [0.25, 0.3) is 0 Å². The Morgan fingerprint density at radius 2 is 2.11 bits per heavy atom. The number of pyridine rings is 1. The Kier molecular flexibility index (Phi) is 2.83. The van der Waals surface area contributed by atoms with Crippen LogP contribution < -0.4 is 10.5 Å². The van der Waals surface area contributed by atoms with E-state index in [0.29, 0.717) is 12.3 Å². The molecule has 19 heavy (non-hydrogen) atoms. The van der Waals surface area contributed by atoms with Gasteiger partial charge in [-0.2, -0.15) is 0 Å². The van der Waals surface area contributed by atoms with Crippen molar-refractivity contribution in [2.75, 3.05) is 5.73 Å². The highest BCUT2D eigenvalue weighted by Gasteiger charge is 2.07. The van der Waals surface area contributed by atoms with Gasteiger partial charge in [-0.15, -0.1) is 0 Å². The summed E-state index contributed by atoms with van der Waals surface area (Å²) in [6.07, 6.45) is 1.99. The van der Waals surface area contributed by atoms with E-state index in [-0.39, 0.29) is 0 Å². The van der Waals surface area contributed by atoms with Crippen LogP contribution in [0.5, 0.6) is 5.75 Å². The Labute approximate surface area is 111 Å². The average Bonchev–Trinajstić information content (AvgIpc) is 2.74. The summed E-state index contributed by atoms with van der Waals surface area (Å²) < 4.78 is 7.77. The number of nitrogens with two attached hydrogens (primary N) is 1. The first kappa shape index (κ1) is 11.6. The van der Waals surface area contributed by atoms with Crippen LogP contribution in [0.15, 0.2) is 48.7 Å². The van der Waals surface area contributed by atoms with Crippen molar-refractivity contribution in [3.63, 3.8) is 0 Å². The van der Waals surface area contributed by atoms with Crippen molar-refractivity contribution in [3.8, 4) is 5.75 Å². The molecule has 0 radical (unpaired) electrons. The van der Waals surface area contributed by atoms with Gasteiger partial charge in [0.2, 0.25) is 0 Å². The summed E-state index contributed by atoms with van der Waals surface area (Å²) in [6.45, 7) is 2.42. The van der Waals surface area contributed by atoms with Crippen LogP contribution >= 0.6 is 0 Å². The number of fused-ring (bicyclic) bond motifs is 1. The first-order valence-corrected chi connectivity index (χ1v) is 6.15. The molecule has 2 N–H and O–H groups in total. The number of benzene rings is 1. The van der Waals surface area contributed by atoms with Crippen molar-refractivity contribution in [1.82, 2.24) is 9.38 Å². The molecule has 4 nitrogen and oxygen atoms in total. The molecule has 2 aromatic heterocycles. The van der Waals surface area contributed by atoms with E-state index >= 15 is 0 Å². The second-order valence-corrected chi connectivity index (χ2v) is 4.43. The van der Waals surface area contributed by atoms with Gasteiger partial charge in [-0.1, -0.05) is 12.1 Å². The topological polar surface area (TPSA) is 52.5 Å². The second kappa shape index (κ2) is 4.65. The number of nitrogen functional groups attached to an aromatic ring is 1. The quantitative estimate of drug-likeness (QED) is 0.730. The fourth-order valence-electron chi connectivity index (χ4n) is 2.12. The van der Waals surface area contributed by atoms with E-state index in [2.05, 4.69) is 4.98 Å². The van der Waals surface area contributed by atoms with Gasteiger partial charge in [-0.05, 0) is 31.2 Å². The smallest absolute Gasteiger partial charge is 0.151 e. The lowest BCUT2D eigenvalue weighted by atomic mass is 10.3. The van der Waals surface area contributed by atoms with Crippen molar-refractivity contribution < 1.29 is 4.74 Å². The molecular formula is C15H15N3O. The van der Waals surface area contributed by atoms with Gasteiger partial charge in [0.15, 0.2) is 5.82 Å². The number of anilines is 1. The van der Waals surface area contributed by atoms with Crippen molar-refractivity contribution in [1.29, 1.82) is 0 Å². The number of nitrogens with zero attached hydrogens (tertiary/aromatic N) is 2. The van der Waals surface area contributed by atoms with E-state index < -0.39 is 0 Å². The highest BCUT2D eigenvalue weighted by molar-refractivity contribution is 5.52. The predicted octanol–water partition coefficient (Wildman–Crippen LogP) is 2.80. The number of hydrogen-bond donors (Lipinski definition) is 1. The molecule has 0 unspecified atom stereocenters. The average molecular weight is 253 g/mol. The van der Waals surface area contributed by atoms with Crippen LogP contribution in [0, 0.1) is 6.92 Å². The second-order valence-electron chi connectivity index (χ2n) is 4.43. The summed E-state index contributed by atoms with van der Waals surface area (Å²) in [5.41, 5.74) is 8.53. The van der Waals surface area contributed by atoms with Crippen LogP contribution in [0.2, 0.25) is 0 Å². The minimum atomic E-state index is 0.419. The minimum absolute atomic E-state index is 0.419. The SMILES string of the molecule is Cc1nc(COc2cccc(N)c2)n2ccccc12. The highest BCUT2D eigenvalue weighted by Crippen LogP contribution is 2.17. The number of imidazole rings is 1. The summed E-state index contributed by atoms with van der Waals surface area (Å²) in [5, 5.41) is 0. The molecule has 0 saturated carbocycles. The molecule has 0 amide bonds. The van der Waals surface area contributed by atoms with Gasteiger partial charge in [-0.3, -0.25) is 0 Å². The zero-order valence-electron chi connectivity index (χ0n) is 10.7. The van der Waals surface area contributed by atoms with Crippen LogP contribution in [-0.4, -0.2) is 9.38 Å². The molecule has 0 spiro atoms. The Hall–Kier alpha value is -2.49. The van der Waals surface area contributed by atoms with Gasteiger partial charge in [0, 0.05) is 18.0 Å². The molecule has 3 aromatic rings. The van der Waals surface area contributed by atoms with Crippen molar-refractivity contribution in [3.05, 3.63) is 60.2 Å². The van der Waals surface area contributed by atoms with Crippen molar-refractivity contribution in [2.24, 2.45) is 0 Å². The largest absolute Gasteiger partial charge is 0.486 e. The monoisotopic (exact) mass is 253 g/mol. The first-order chi connectivity index (χ1) is 9.24. The fourth-order valence-corrected chi connectivity index (χ4v) is 2.12. The third-order valence-corrected chi connectivity index (χ3v) is 3.03. The lowest BCUT2D eigenvalue weighted by molar-refractivity contribution is 0.295. The maximum atomic E-state index is 5.73. The van der Waals surface area contributed by atoms with E-state index in [1.165, 1.54) is 0 Å². The molecule has 1 aromatic carbocycles. The Balaban J connectivity index is 1.86. The lowest BCUT2D eigenvalue weighted by Crippen LogP contribution is -2.01. The standard InChI is InChI=1S/C15H15N3O/c1-11-14-7-2-3-8-18(14)15(17-11)10-19-13-6-4-5-12(16)9-13/h2-9H,10,16H2,1H3. The van der Waals surface area contributed by atoms with E-state index in [4.69, 9.17) is 10.5 Å². The molecule has 0 atom stereocenters. The van der Waals surface area contributed by atoms with E-state index in [0.717, 1.165) is 22.8 Å². The lowest BCUT2D eigenvalue weighted by Gasteiger charge is -2.06. The van der Waals surface area contributed by atoms with Gasteiger partial charge >= 0.3 is 0 Å². The molecule has 4 heteroatoms. The molecule has 0 fully saturated rings. The number of aryl methyl sites for hydroxylation is 1. The molecule has 2 heterocycles. The maximum absolute atomic E-state index is 5.73. The summed E-state index contributed by atoms with van der Waals surface area (Å²) >= 11 is 0. The number of aromatic nitrogens is 2. The molecule has 96 valence electrons. The third-order valence-electron chi connectivity index (χ3n) is 3.03. The predicted molar refractivity (Wildman–Crippen MR) is 75.1 cm³/mol. The Bertz CT molecular complexity index is 718. The molecule has 0 aliphatic carbocycles. The maximum Gasteiger partial charge on any atom is 0.151 e. The molecule has 3 rings (SSSR count). The molecule has 0 saturated heterocycles. The summed E-state index contributed by atoms with van der Waals surface area (Å²) in [6, 6.07) is 13.4. The van der Waals surface area contributed by atoms with Gasteiger partial charge < -0.3 is 14.9 Å². The molecule has 0 bridgehead atoms. The van der Waals surface area contributed by atoms with Crippen LogP contribution in [0.4, 0.5) is 5.69 Å². The summed E-state index contributed by atoms with van der Waals surface area (Å²) in [7, 11) is 0. The highest BCUT2D eigenvalue weighted by atomic mass is 16.5. The van der Waals surface area contributed by atoms with Gasteiger partial charge in [0.1, 0.15) is 12.4 Å². The summed E-state index contributed by atoms with van der Waals surface area (Å²) in [4.78, 5) is 4.53. The Morgan fingerprint density at radius 1 is 1.21 bits per heavy atom. The van der Waals surface area contributed by atoms with Crippen LogP contribution in [0.1, 0.15) is 11.5 Å². The molecule has 0 aliphatic heterocycles. The van der Waals surface area contributed by atoms with Crippen LogP contribution in [-0.2, 0) is 6.61 Å². The van der Waals surface area contributed by atoms with E-state index in [9.17, 15) is 0 Å². The number of rotatable bonds is 3. The first-order valence-electron chi connectivity index (χ1n) is 6.15. The number of hydrogen-bond acceptors (Lipinski definition) is 3. The van der Waals surface area contributed by atoms with Crippen molar-refractivity contribution in [2.45, 2.75) is 13.5 Å².